The second kappa shape index (κ2) is 8.03. The van der Waals surface area contributed by atoms with Gasteiger partial charge in [-0.25, -0.2) is 0 Å². The van der Waals surface area contributed by atoms with Gasteiger partial charge in [0.2, 0.25) is 5.91 Å². The van der Waals surface area contributed by atoms with Crippen LogP contribution in [-0.4, -0.2) is 66.6 Å². The van der Waals surface area contributed by atoms with Crippen molar-refractivity contribution < 1.29 is 9.59 Å². The van der Waals surface area contributed by atoms with Crippen LogP contribution in [0, 0.1) is 0 Å². The fourth-order valence-corrected chi connectivity index (χ4v) is 4.24. The molecule has 2 heterocycles. The molecule has 2 aliphatic heterocycles. The molecule has 1 aromatic carbocycles. The van der Waals surface area contributed by atoms with Gasteiger partial charge in [-0.3, -0.25) is 9.59 Å². The maximum atomic E-state index is 12.8. The minimum Gasteiger partial charge on any atom is -0.342 e. The summed E-state index contributed by atoms with van der Waals surface area (Å²) < 4.78 is 0. The summed E-state index contributed by atoms with van der Waals surface area (Å²) in [7, 11) is 1.87. The van der Waals surface area contributed by atoms with Gasteiger partial charge in [-0.1, -0.05) is 12.1 Å². The predicted molar refractivity (Wildman–Crippen MR) is 96.3 cm³/mol. The van der Waals surface area contributed by atoms with Crippen LogP contribution in [0.5, 0.6) is 0 Å². The number of carbonyl (C=O) groups is 2. The zero-order valence-corrected chi connectivity index (χ0v) is 15.0. The van der Waals surface area contributed by atoms with Gasteiger partial charge in [-0.15, -0.1) is 11.8 Å². The van der Waals surface area contributed by atoms with Crippen LogP contribution in [-0.2, 0) is 4.79 Å². The predicted octanol–water partition coefficient (Wildman–Crippen LogP) is 1.83. The number of benzene rings is 1. The van der Waals surface area contributed by atoms with Crippen molar-refractivity contribution in [2.45, 2.75) is 30.2 Å². The van der Waals surface area contributed by atoms with Crippen LogP contribution in [0.3, 0.4) is 0 Å². The van der Waals surface area contributed by atoms with E-state index in [1.807, 2.05) is 41.1 Å². The van der Waals surface area contributed by atoms with E-state index in [1.165, 1.54) is 11.8 Å². The zero-order chi connectivity index (χ0) is 16.9. The molecule has 24 heavy (non-hydrogen) atoms. The molecule has 2 saturated heterocycles. The van der Waals surface area contributed by atoms with Gasteiger partial charge in [0.05, 0.1) is 11.3 Å². The second-order valence-corrected chi connectivity index (χ2v) is 7.45. The maximum absolute atomic E-state index is 12.8. The molecule has 2 amide bonds. The third-order valence-corrected chi connectivity index (χ3v) is 5.89. The van der Waals surface area contributed by atoms with E-state index in [0.29, 0.717) is 11.3 Å². The number of nitrogens with zero attached hydrogens (tertiary/aromatic N) is 2. The molecule has 0 spiro atoms. The van der Waals surface area contributed by atoms with Crippen LogP contribution < -0.4 is 5.32 Å². The first-order valence-corrected chi connectivity index (χ1v) is 9.63. The standard InChI is InChI=1S/C18H25N3O2S/c1-20(14-8-9-19-12-14)18(23)15-6-2-3-7-16(15)24-13-17(22)21-10-4-5-11-21/h2-3,6-7,14,19H,4-5,8-13H2,1H3. The lowest BCUT2D eigenvalue weighted by molar-refractivity contribution is -0.127. The zero-order valence-electron chi connectivity index (χ0n) is 14.2. The number of nitrogens with one attached hydrogen (secondary N) is 1. The molecule has 5 nitrogen and oxygen atoms in total. The summed E-state index contributed by atoms with van der Waals surface area (Å²) in [6.07, 6.45) is 3.20. The quantitative estimate of drug-likeness (QED) is 0.826. The van der Waals surface area contributed by atoms with E-state index in [1.54, 1.807) is 0 Å². The molecule has 2 aliphatic rings. The Labute approximate surface area is 147 Å². The van der Waals surface area contributed by atoms with E-state index < -0.39 is 0 Å². The number of hydrogen-bond donors (Lipinski definition) is 1. The van der Waals surface area contributed by atoms with Crippen molar-refractivity contribution in [3.05, 3.63) is 29.8 Å². The van der Waals surface area contributed by atoms with Crippen molar-refractivity contribution in [1.29, 1.82) is 0 Å². The molecule has 2 fully saturated rings. The summed E-state index contributed by atoms with van der Waals surface area (Å²) in [6, 6.07) is 7.87. The van der Waals surface area contributed by atoms with Crippen LogP contribution in [0.2, 0.25) is 0 Å². The van der Waals surface area contributed by atoms with Crippen molar-refractivity contribution in [1.82, 2.24) is 15.1 Å². The average Bonchev–Trinajstić information content (AvgIpc) is 3.32. The molecule has 1 N–H and O–H groups in total. The fraction of sp³-hybridized carbons (Fsp3) is 0.556. The highest BCUT2D eigenvalue weighted by Gasteiger charge is 2.26. The highest BCUT2D eigenvalue weighted by atomic mass is 32.2. The first-order valence-electron chi connectivity index (χ1n) is 8.64. The third kappa shape index (κ3) is 3.92. The molecular weight excluding hydrogens is 322 g/mol. The highest BCUT2D eigenvalue weighted by Crippen LogP contribution is 2.25. The van der Waals surface area contributed by atoms with Crippen molar-refractivity contribution in [2.24, 2.45) is 0 Å². The Morgan fingerprint density at radius 2 is 2.04 bits per heavy atom. The Bertz CT molecular complexity index is 596. The van der Waals surface area contributed by atoms with Crippen LogP contribution in [0.1, 0.15) is 29.6 Å². The van der Waals surface area contributed by atoms with Crippen LogP contribution >= 0.6 is 11.8 Å². The van der Waals surface area contributed by atoms with Gasteiger partial charge in [-0.2, -0.15) is 0 Å². The number of carbonyl (C=O) groups excluding carboxylic acids is 2. The fourth-order valence-electron chi connectivity index (χ4n) is 3.29. The van der Waals surface area contributed by atoms with Crippen molar-refractivity contribution in [3.8, 4) is 0 Å². The normalized spacial score (nSPS) is 20.4. The molecule has 0 aliphatic carbocycles. The topological polar surface area (TPSA) is 52.7 Å². The van der Waals surface area contributed by atoms with E-state index in [0.717, 1.165) is 50.3 Å². The molecule has 1 aromatic rings. The molecule has 130 valence electrons. The maximum Gasteiger partial charge on any atom is 0.255 e. The van der Waals surface area contributed by atoms with Gasteiger partial charge >= 0.3 is 0 Å². The number of thioether (sulfide) groups is 1. The number of likely N-dealkylation sites (tertiary alicyclic amines) is 1. The Kier molecular flexibility index (Phi) is 5.79. The van der Waals surface area contributed by atoms with Gasteiger partial charge < -0.3 is 15.1 Å². The molecule has 6 heteroatoms. The van der Waals surface area contributed by atoms with Crippen LogP contribution in [0.4, 0.5) is 0 Å². The third-order valence-electron chi connectivity index (χ3n) is 4.83. The van der Waals surface area contributed by atoms with Crippen LogP contribution in [0.15, 0.2) is 29.2 Å². The highest BCUT2D eigenvalue weighted by molar-refractivity contribution is 8.00. The van der Waals surface area contributed by atoms with Gasteiger partial charge in [0.25, 0.3) is 5.91 Å². The van der Waals surface area contributed by atoms with Gasteiger partial charge in [0.1, 0.15) is 0 Å². The number of likely N-dealkylation sites (N-methyl/N-ethyl adjacent to an activating group) is 1. The van der Waals surface area contributed by atoms with E-state index in [9.17, 15) is 9.59 Å². The Balaban J connectivity index is 1.65. The van der Waals surface area contributed by atoms with Crippen LogP contribution in [0.25, 0.3) is 0 Å². The van der Waals surface area contributed by atoms with Crippen molar-refractivity contribution in [2.75, 3.05) is 39.0 Å². The minimum absolute atomic E-state index is 0.0421. The summed E-state index contributed by atoms with van der Waals surface area (Å²) in [4.78, 5) is 29.7. The molecular formula is C18H25N3O2S. The van der Waals surface area contributed by atoms with E-state index in [4.69, 9.17) is 0 Å². The summed E-state index contributed by atoms with van der Waals surface area (Å²) in [6.45, 7) is 3.56. The second-order valence-electron chi connectivity index (χ2n) is 6.44. The van der Waals surface area contributed by atoms with Crippen molar-refractivity contribution >= 4 is 23.6 Å². The lowest BCUT2D eigenvalue weighted by Gasteiger charge is -2.25. The molecule has 0 saturated carbocycles. The van der Waals surface area contributed by atoms with E-state index in [2.05, 4.69) is 5.32 Å². The smallest absolute Gasteiger partial charge is 0.255 e. The summed E-state index contributed by atoms with van der Waals surface area (Å²) >= 11 is 1.48. The first kappa shape index (κ1) is 17.3. The van der Waals surface area contributed by atoms with Crippen molar-refractivity contribution in [3.63, 3.8) is 0 Å². The van der Waals surface area contributed by atoms with Gasteiger partial charge in [0.15, 0.2) is 0 Å². The minimum atomic E-state index is 0.0421. The van der Waals surface area contributed by atoms with Gasteiger partial charge in [0, 0.05) is 37.6 Å². The number of hydrogen-bond acceptors (Lipinski definition) is 4. The summed E-state index contributed by atoms with van der Waals surface area (Å²) in [5, 5.41) is 3.30. The number of amides is 2. The average molecular weight is 347 g/mol. The number of rotatable bonds is 5. The summed E-state index contributed by atoms with van der Waals surface area (Å²) in [5.74, 6) is 0.618. The molecule has 3 rings (SSSR count). The SMILES string of the molecule is CN(C(=O)c1ccccc1SCC(=O)N1CCCC1)C1CCNC1. The lowest BCUT2D eigenvalue weighted by atomic mass is 10.1. The Hall–Kier alpha value is -1.53. The van der Waals surface area contributed by atoms with Gasteiger partial charge in [-0.05, 0) is 37.9 Å². The molecule has 0 aromatic heterocycles. The monoisotopic (exact) mass is 347 g/mol. The Morgan fingerprint density at radius 3 is 2.75 bits per heavy atom. The summed E-state index contributed by atoms with van der Waals surface area (Å²) in [5.41, 5.74) is 0.700. The molecule has 0 bridgehead atoms. The first-order chi connectivity index (χ1) is 11.7. The Morgan fingerprint density at radius 1 is 1.29 bits per heavy atom. The molecule has 0 radical (unpaired) electrons. The molecule has 1 unspecified atom stereocenters. The largest absolute Gasteiger partial charge is 0.342 e. The lowest BCUT2D eigenvalue weighted by Crippen LogP contribution is -2.38. The van der Waals surface area contributed by atoms with E-state index in [-0.39, 0.29) is 17.9 Å². The van der Waals surface area contributed by atoms with E-state index >= 15 is 0 Å². The molecule has 1 atom stereocenters.